The van der Waals surface area contributed by atoms with Crippen molar-refractivity contribution in [3.63, 3.8) is 0 Å². The van der Waals surface area contributed by atoms with Gasteiger partial charge in [0.2, 0.25) is 11.8 Å². The predicted molar refractivity (Wildman–Crippen MR) is 145 cm³/mol. The van der Waals surface area contributed by atoms with Crippen molar-refractivity contribution in [1.82, 2.24) is 10.2 Å². The third-order valence-electron chi connectivity index (χ3n) is 6.26. The lowest BCUT2D eigenvalue weighted by molar-refractivity contribution is -0.384. The number of para-hydroxylation sites is 1. The Hall–Kier alpha value is -4.65. The summed E-state index contributed by atoms with van der Waals surface area (Å²) >= 11 is 1.16. The summed E-state index contributed by atoms with van der Waals surface area (Å²) in [4.78, 5) is 62.2. The molecule has 0 spiro atoms. The van der Waals surface area contributed by atoms with E-state index in [1.807, 2.05) is 6.07 Å². The molecule has 0 bridgehead atoms. The van der Waals surface area contributed by atoms with Gasteiger partial charge in [0.1, 0.15) is 18.4 Å². The van der Waals surface area contributed by atoms with E-state index in [0.29, 0.717) is 22.6 Å². The minimum Gasteiger partial charge on any atom is -0.456 e. The number of non-ortho nitro benzene ring substituents is 1. The summed E-state index contributed by atoms with van der Waals surface area (Å²) in [6.45, 7) is 2.82. The van der Waals surface area contributed by atoms with Gasteiger partial charge in [0.25, 0.3) is 5.69 Å². The van der Waals surface area contributed by atoms with Crippen LogP contribution in [0.2, 0.25) is 0 Å². The maximum absolute atomic E-state index is 13.2. The molecule has 40 heavy (non-hydrogen) atoms. The Labute approximate surface area is 233 Å². The van der Waals surface area contributed by atoms with Gasteiger partial charge in [-0.3, -0.25) is 25.0 Å². The average molecular weight is 567 g/mol. The zero-order chi connectivity index (χ0) is 28.8. The van der Waals surface area contributed by atoms with E-state index in [9.17, 15) is 29.3 Å². The summed E-state index contributed by atoms with van der Waals surface area (Å²) in [6.07, 6.45) is 0.274. The minimum atomic E-state index is -0.769. The van der Waals surface area contributed by atoms with Crippen LogP contribution in [0.3, 0.4) is 0 Å². The van der Waals surface area contributed by atoms with E-state index < -0.39 is 35.0 Å². The minimum absolute atomic E-state index is 0.0755. The highest BCUT2D eigenvalue weighted by Crippen LogP contribution is 2.48. The molecule has 2 aromatic rings. The van der Waals surface area contributed by atoms with Gasteiger partial charge in [0.05, 0.1) is 16.9 Å². The number of hydrogen-bond donors (Lipinski definition) is 2. The van der Waals surface area contributed by atoms with Gasteiger partial charge in [-0.2, -0.15) is 0 Å². The molecule has 1 fully saturated rings. The summed E-state index contributed by atoms with van der Waals surface area (Å²) in [5, 5.41) is 17.6. The van der Waals surface area contributed by atoms with Crippen LogP contribution in [0, 0.1) is 16.0 Å². The van der Waals surface area contributed by atoms with Crippen LogP contribution in [0.1, 0.15) is 25.8 Å². The number of hydrogen-bond acceptors (Lipinski definition) is 9. The maximum atomic E-state index is 13.2. The van der Waals surface area contributed by atoms with Crippen molar-refractivity contribution in [1.29, 1.82) is 0 Å². The number of carbonyl (C=O) groups is 4. The molecule has 2 N–H and O–H groups in total. The lowest BCUT2D eigenvalue weighted by atomic mass is 9.83. The molecule has 0 saturated carbocycles. The Morgan fingerprint density at radius 3 is 2.52 bits per heavy atom. The third kappa shape index (κ3) is 6.49. The van der Waals surface area contributed by atoms with Crippen LogP contribution >= 0.6 is 11.8 Å². The molecule has 13 heteroatoms. The number of amides is 3. The highest BCUT2D eigenvalue weighted by atomic mass is 32.2. The van der Waals surface area contributed by atoms with Gasteiger partial charge >= 0.3 is 12.1 Å². The predicted octanol–water partition coefficient (Wildman–Crippen LogP) is 4.06. The Morgan fingerprint density at radius 1 is 1.18 bits per heavy atom. The lowest BCUT2D eigenvalue weighted by Crippen LogP contribution is -2.62. The van der Waals surface area contributed by atoms with Crippen LogP contribution in [0.15, 0.2) is 76.8 Å². The summed E-state index contributed by atoms with van der Waals surface area (Å²) in [6, 6.07) is 13.9. The van der Waals surface area contributed by atoms with Crippen molar-refractivity contribution in [2.75, 3.05) is 5.32 Å². The molecular weight excluding hydrogens is 540 g/mol. The summed E-state index contributed by atoms with van der Waals surface area (Å²) < 4.78 is 10.9. The van der Waals surface area contributed by atoms with Crippen LogP contribution in [-0.2, 0) is 30.5 Å². The molecule has 2 aliphatic heterocycles. The highest BCUT2D eigenvalue weighted by molar-refractivity contribution is 8.05. The van der Waals surface area contributed by atoms with Crippen LogP contribution in [-0.4, -0.2) is 45.8 Å². The van der Waals surface area contributed by atoms with E-state index in [1.165, 1.54) is 42.3 Å². The lowest BCUT2D eigenvalue weighted by Gasteiger charge is -2.45. The molecular formula is C27H26N4O8S. The Balaban J connectivity index is 1.44. The zero-order valence-electron chi connectivity index (χ0n) is 21.6. The largest absolute Gasteiger partial charge is 0.456 e. The first kappa shape index (κ1) is 28.4. The van der Waals surface area contributed by atoms with Gasteiger partial charge in [-0.1, -0.05) is 30.0 Å². The van der Waals surface area contributed by atoms with Crippen molar-refractivity contribution in [3.05, 3.63) is 92.5 Å². The van der Waals surface area contributed by atoms with Gasteiger partial charge in [-0.25, -0.2) is 9.59 Å². The normalized spacial score (nSPS) is 18.6. The number of fused-ring (bicyclic) bond motifs is 1. The number of nitrogens with zero attached hydrogens (tertiary/aromatic N) is 2. The SMILES string of the molecule is CC(=O)NC=CSC1=C(C(=O)OCc2ccc([N+](=O)[O-])cc2)N2C(=O)[C@H]([C@H](C)OC(=O)Nc3ccccc3)[C@H]2C1. The summed E-state index contributed by atoms with van der Waals surface area (Å²) in [5.41, 5.74) is 1.07. The molecule has 0 aromatic heterocycles. The van der Waals surface area contributed by atoms with Gasteiger partial charge in [0.15, 0.2) is 0 Å². The number of nitro benzene ring substituents is 1. The average Bonchev–Trinajstić information content (AvgIpc) is 3.24. The topological polar surface area (TPSA) is 157 Å². The number of rotatable bonds is 10. The molecule has 0 unspecified atom stereocenters. The highest BCUT2D eigenvalue weighted by Gasteiger charge is 2.58. The monoisotopic (exact) mass is 566 g/mol. The molecule has 2 aromatic carbocycles. The van der Waals surface area contributed by atoms with Crippen LogP contribution in [0.5, 0.6) is 0 Å². The van der Waals surface area contributed by atoms with Gasteiger partial charge in [-0.05, 0) is 42.2 Å². The fourth-order valence-corrected chi connectivity index (χ4v) is 5.28. The number of nitro groups is 1. The number of thioether (sulfide) groups is 1. The van der Waals surface area contributed by atoms with Crippen molar-refractivity contribution in [2.24, 2.45) is 5.92 Å². The zero-order valence-corrected chi connectivity index (χ0v) is 22.4. The second kappa shape index (κ2) is 12.5. The van der Waals surface area contributed by atoms with Crippen LogP contribution < -0.4 is 10.6 Å². The quantitative estimate of drug-likeness (QED) is 0.187. The Bertz CT molecular complexity index is 1380. The summed E-state index contributed by atoms with van der Waals surface area (Å²) in [7, 11) is 0. The number of benzene rings is 2. The van der Waals surface area contributed by atoms with E-state index in [0.717, 1.165) is 11.8 Å². The van der Waals surface area contributed by atoms with Crippen molar-refractivity contribution in [2.45, 2.75) is 39.0 Å². The first-order chi connectivity index (χ1) is 19.2. The number of carbonyl (C=O) groups excluding carboxylic acids is 4. The van der Waals surface area contributed by atoms with E-state index in [4.69, 9.17) is 9.47 Å². The molecule has 1 saturated heterocycles. The molecule has 3 atom stereocenters. The van der Waals surface area contributed by atoms with E-state index in [2.05, 4.69) is 10.6 Å². The number of esters is 1. The number of nitrogens with one attached hydrogen (secondary N) is 2. The van der Waals surface area contributed by atoms with Gasteiger partial charge < -0.3 is 19.7 Å². The standard InChI is InChI=1S/C27H26N4O8S/c1-16(39-27(35)29-19-6-4-3-5-7-19)23-21-14-22(40-13-12-28-17(2)32)24(30(21)25(23)33)26(34)38-15-18-8-10-20(11-9-18)31(36)37/h3-13,16,21,23H,14-15H2,1-2H3,(H,28,32)(H,29,35)/t16-,21+,23+/m0/s1. The molecule has 4 rings (SSSR count). The second-order valence-corrected chi connectivity index (χ2v) is 10.0. The Kier molecular flexibility index (Phi) is 8.84. The fourth-order valence-electron chi connectivity index (χ4n) is 4.42. The second-order valence-electron chi connectivity index (χ2n) is 9.00. The smallest absolute Gasteiger partial charge is 0.411 e. The molecule has 208 valence electrons. The molecule has 2 aliphatic rings. The molecule has 3 amide bonds. The van der Waals surface area contributed by atoms with Crippen LogP contribution in [0.4, 0.5) is 16.2 Å². The maximum Gasteiger partial charge on any atom is 0.411 e. The number of anilines is 1. The molecule has 0 aliphatic carbocycles. The molecule has 12 nitrogen and oxygen atoms in total. The third-order valence-corrected chi connectivity index (χ3v) is 7.18. The fraction of sp³-hybridized carbons (Fsp3) is 0.259. The van der Waals surface area contributed by atoms with Crippen LogP contribution in [0.25, 0.3) is 0 Å². The molecule has 2 heterocycles. The van der Waals surface area contributed by atoms with E-state index in [-0.39, 0.29) is 29.8 Å². The number of β-lactam (4-membered cyclic amide) rings is 1. The number of ether oxygens (including phenoxy) is 2. The van der Waals surface area contributed by atoms with Crippen molar-refractivity contribution < 1.29 is 33.6 Å². The van der Waals surface area contributed by atoms with E-state index >= 15 is 0 Å². The first-order valence-corrected chi connectivity index (χ1v) is 13.1. The van der Waals surface area contributed by atoms with Crippen molar-refractivity contribution in [3.8, 4) is 0 Å². The molecule has 0 radical (unpaired) electrons. The Morgan fingerprint density at radius 2 is 1.88 bits per heavy atom. The van der Waals surface area contributed by atoms with Crippen molar-refractivity contribution >= 4 is 47.0 Å². The van der Waals surface area contributed by atoms with E-state index in [1.54, 1.807) is 36.6 Å². The summed E-state index contributed by atoms with van der Waals surface area (Å²) in [5.74, 6) is -2.05. The van der Waals surface area contributed by atoms with Gasteiger partial charge in [0, 0.05) is 42.3 Å². The van der Waals surface area contributed by atoms with Gasteiger partial charge in [-0.15, -0.1) is 0 Å². The first-order valence-electron chi connectivity index (χ1n) is 12.2.